The van der Waals surface area contributed by atoms with E-state index >= 15 is 0 Å². The summed E-state index contributed by atoms with van der Waals surface area (Å²) in [6.45, 7) is 6.14. The zero-order valence-corrected chi connectivity index (χ0v) is 10.5. The monoisotopic (exact) mass is 233 g/mol. The first-order valence-electron chi connectivity index (χ1n) is 5.34. The quantitative estimate of drug-likeness (QED) is 0.802. The Morgan fingerprint density at radius 3 is 2.69 bits per heavy atom. The average Bonchev–Trinajstić information content (AvgIpc) is 2.73. The van der Waals surface area contributed by atoms with E-state index in [0.29, 0.717) is 0 Å². The van der Waals surface area contributed by atoms with Crippen molar-refractivity contribution in [1.82, 2.24) is 4.98 Å². The summed E-state index contributed by atoms with van der Waals surface area (Å²) in [7, 11) is 0. The van der Waals surface area contributed by atoms with E-state index in [-0.39, 0.29) is 6.10 Å². The summed E-state index contributed by atoms with van der Waals surface area (Å²) in [5.74, 6) is 0.954. The van der Waals surface area contributed by atoms with E-state index in [2.05, 4.69) is 24.0 Å². The molecule has 0 amide bonds. The van der Waals surface area contributed by atoms with Crippen LogP contribution in [0.15, 0.2) is 29.8 Å². The van der Waals surface area contributed by atoms with Gasteiger partial charge in [0, 0.05) is 17.1 Å². The number of rotatable bonds is 3. The average molecular weight is 233 g/mol. The molecule has 0 fully saturated rings. The Bertz CT molecular complexity index is 463. The maximum absolute atomic E-state index is 5.70. The maximum atomic E-state index is 5.70. The van der Waals surface area contributed by atoms with E-state index in [1.54, 1.807) is 11.3 Å². The van der Waals surface area contributed by atoms with Gasteiger partial charge in [-0.2, -0.15) is 0 Å². The molecule has 0 atom stereocenters. The van der Waals surface area contributed by atoms with E-state index < -0.39 is 0 Å². The maximum Gasteiger partial charge on any atom is 0.123 e. The minimum absolute atomic E-state index is 0.212. The van der Waals surface area contributed by atoms with Gasteiger partial charge in [0.15, 0.2) is 0 Å². The van der Waals surface area contributed by atoms with Crippen molar-refractivity contribution in [2.75, 3.05) is 0 Å². The first kappa shape index (κ1) is 11.1. The van der Waals surface area contributed by atoms with E-state index in [0.717, 1.165) is 21.9 Å². The highest BCUT2D eigenvalue weighted by Crippen LogP contribution is 2.27. The molecule has 0 saturated carbocycles. The van der Waals surface area contributed by atoms with Gasteiger partial charge in [0.1, 0.15) is 10.8 Å². The van der Waals surface area contributed by atoms with Crippen LogP contribution < -0.4 is 4.74 Å². The molecule has 2 aromatic rings. The van der Waals surface area contributed by atoms with Crippen molar-refractivity contribution >= 4 is 11.3 Å². The second kappa shape index (κ2) is 4.66. The third-order valence-corrected chi connectivity index (χ3v) is 3.04. The first-order valence-corrected chi connectivity index (χ1v) is 6.22. The second-order valence-corrected chi connectivity index (χ2v) is 4.88. The molecule has 84 valence electrons. The van der Waals surface area contributed by atoms with Crippen LogP contribution >= 0.6 is 11.3 Å². The minimum Gasteiger partial charge on any atom is -0.491 e. The van der Waals surface area contributed by atoms with Gasteiger partial charge in [-0.1, -0.05) is 0 Å². The normalized spacial score (nSPS) is 10.8. The zero-order chi connectivity index (χ0) is 11.5. The molecule has 0 saturated heterocycles. The molecule has 16 heavy (non-hydrogen) atoms. The minimum atomic E-state index is 0.212. The summed E-state index contributed by atoms with van der Waals surface area (Å²) in [6.07, 6.45) is 2.04. The molecule has 0 spiro atoms. The number of ether oxygens (including phenoxy) is 1. The lowest BCUT2D eigenvalue weighted by molar-refractivity contribution is 0.241. The molecule has 0 N–H and O–H groups in total. The smallest absolute Gasteiger partial charge is 0.123 e. The number of benzene rings is 1. The molecule has 0 unspecified atom stereocenters. The highest BCUT2D eigenvalue weighted by Gasteiger charge is 2.05. The van der Waals surface area contributed by atoms with Gasteiger partial charge in [0.2, 0.25) is 0 Å². The Hall–Kier alpha value is -1.35. The summed E-state index contributed by atoms with van der Waals surface area (Å²) >= 11 is 1.65. The van der Waals surface area contributed by atoms with E-state index in [1.807, 2.05) is 31.5 Å². The molecule has 0 radical (unpaired) electrons. The van der Waals surface area contributed by atoms with Gasteiger partial charge < -0.3 is 4.74 Å². The number of thiazole rings is 1. The Morgan fingerprint density at radius 1 is 1.31 bits per heavy atom. The molecule has 1 heterocycles. The lowest BCUT2D eigenvalue weighted by Gasteiger charge is -2.12. The Morgan fingerprint density at radius 2 is 2.12 bits per heavy atom. The number of hydrogen-bond acceptors (Lipinski definition) is 3. The van der Waals surface area contributed by atoms with Gasteiger partial charge >= 0.3 is 0 Å². The molecule has 2 nitrogen and oxygen atoms in total. The Labute approximate surface area is 99.9 Å². The fraction of sp³-hybridized carbons (Fsp3) is 0.308. The summed E-state index contributed by atoms with van der Waals surface area (Å²) in [4.78, 5) is 4.30. The molecule has 1 aromatic heterocycles. The van der Waals surface area contributed by atoms with Crippen molar-refractivity contribution in [1.29, 1.82) is 0 Å². The predicted octanol–water partition coefficient (Wildman–Crippen LogP) is 3.91. The van der Waals surface area contributed by atoms with Crippen LogP contribution in [0.2, 0.25) is 0 Å². The van der Waals surface area contributed by atoms with E-state index in [4.69, 9.17) is 4.74 Å². The Kier molecular flexibility index (Phi) is 3.25. The zero-order valence-electron chi connectivity index (χ0n) is 9.73. The lowest BCUT2D eigenvalue weighted by atomic mass is 10.1. The van der Waals surface area contributed by atoms with Crippen molar-refractivity contribution in [3.05, 3.63) is 35.3 Å². The van der Waals surface area contributed by atoms with Crippen LogP contribution in [0, 0.1) is 6.92 Å². The van der Waals surface area contributed by atoms with Gasteiger partial charge in [0.25, 0.3) is 0 Å². The largest absolute Gasteiger partial charge is 0.491 e. The first-order chi connectivity index (χ1) is 7.66. The summed E-state index contributed by atoms with van der Waals surface area (Å²) < 4.78 is 5.70. The highest BCUT2D eigenvalue weighted by molar-refractivity contribution is 7.13. The topological polar surface area (TPSA) is 22.1 Å². The molecule has 0 aliphatic carbocycles. The van der Waals surface area contributed by atoms with Crippen LogP contribution in [-0.4, -0.2) is 11.1 Å². The van der Waals surface area contributed by atoms with Crippen LogP contribution in [0.4, 0.5) is 0 Å². The van der Waals surface area contributed by atoms with E-state index in [1.165, 1.54) is 0 Å². The predicted molar refractivity (Wildman–Crippen MR) is 68.1 cm³/mol. The molecule has 0 bridgehead atoms. The molecule has 0 aliphatic rings. The highest BCUT2D eigenvalue weighted by atomic mass is 32.1. The van der Waals surface area contributed by atoms with Crippen LogP contribution in [0.3, 0.4) is 0 Å². The van der Waals surface area contributed by atoms with Gasteiger partial charge in [0.05, 0.1) is 6.10 Å². The van der Waals surface area contributed by atoms with Crippen LogP contribution in [0.5, 0.6) is 5.75 Å². The van der Waals surface area contributed by atoms with Gasteiger partial charge in [-0.15, -0.1) is 11.3 Å². The third kappa shape index (κ3) is 2.42. The molecule has 3 heteroatoms. The van der Waals surface area contributed by atoms with Gasteiger partial charge in [-0.05, 0) is 44.5 Å². The molecular weight excluding hydrogens is 218 g/mol. The fourth-order valence-corrected chi connectivity index (χ4v) is 2.17. The van der Waals surface area contributed by atoms with E-state index in [9.17, 15) is 0 Å². The van der Waals surface area contributed by atoms with Crippen molar-refractivity contribution in [3.63, 3.8) is 0 Å². The lowest BCUT2D eigenvalue weighted by Crippen LogP contribution is -2.06. The van der Waals surface area contributed by atoms with Crippen LogP contribution in [-0.2, 0) is 0 Å². The van der Waals surface area contributed by atoms with Crippen molar-refractivity contribution < 1.29 is 4.74 Å². The SMILES string of the molecule is Cc1cc(-c2nccs2)ccc1OC(C)C. The number of aromatic nitrogens is 1. The second-order valence-electron chi connectivity index (χ2n) is 3.98. The number of aryl methyl sites for hydroxylation is 1. The molecular formula is C13H15NOS. The number of nitrogens with zero attached hydrogens (tertiary/aromatic N) is 1. The molecule has 1 aromatic carbocycles. The van der Waals surface area contributed by atoms with Crippen LogP contribution in [0.1, 0.15) is 19.4 Å². The Balaban J connectivity index is 2.29. The third-order valence-electron chi connectivity index (χ3n) is 2.22. The molecule has 0 aliphatic heterocycles. The standard InChI is InChI=1S/C13H15NOS/c1-9(2)15-12-5-4-11(8-10(12)3)13-14-6-7-16-13/h4-9H,1-3H3. The summed E-state index contributed by atoms with van der Waals surface area (Å²) in [5, 5.41) is 3.04. The molecule has 2 rings (SSSR count). The van der Waals surface area contributed by atoms with Gasteiger partial charge in [-0.25, -0.2) is 4.98 Å². The number of hydrogen-bond donors (Lipinski definition) is 0. The van der Waals surface area contributed by atoms with Crippen molar-refractivity contribution in [3.8, 4) is 16.3 Å². The summed E-state index contributed by atoms with van der Waals surface area (Å²) in [6, 6.07) is 6.20. The summed E-state index contributed by atoms with van der Waals surface area (Å²) in [5.41, 5.74) is 2.31. The van der Waals surface area contributed by atoms with Crippen molar-refractivity contribution in [2.45, 2.75) is 26.9 Å². The van der Waals surface area contributed by atoms with Gasteiger partial charge in [-0.3, -0.25) is 0 Å². The fourth-order valence-electron chi connectivity index (χ4n) is 1.53. The van der Waals surface area contributed by atoms with Crippen molar-refractivity contribution in [2.24, 2.45) is 0 Å². The van der Waals surface area contributed by atoms with Crippen LogP contribution in [0.25, 0.3) is 10.6 Å².